The largest absolute Gasteiger partial charge is 0.492 e. The molecule has 1 N–H and O–H groups in total. The fraction of sp³-hybridized carbons (Fsp3) is 0.240. The molecule has 0 saturated heterocycles. The van der Waals surface area contributed by atoms with Crippen molar-refractivity contribution in [3.05, 3.63) is 95.1 Å². The topological polar surface area (TPSA) is 38.3 Å². The van der Waals surface area contributed by atoms with Gasteiger partial charge < -0.3 is 10.1 Å². The van der Waals surface area contributed by atoms with E-state index in [-0.39, 0.29) is 23.7 Å². The molecule has 1 unspecified atom stereocenters. The number of carbonyl (C=O) groups is 1. The van der Waals surface area contributed by atoms with E-state index >= 15 is 0 Å². The van der Waals surface area contributed by atoms with Gasteiger partial charge in [-0.2, -0.15) is 0 Å². The zero-order chi connectivity index (χ0) is 19.1. The van der Waals surface area contributed by atoms with Gasteiger partial charge in [-0.3, -0.25) is 4.79 Å². The summed E-state index contributed by atoms with van der Waals surface area (Å²) in [5, 5.41) is 3.15. The van der Waals surface area contributed by atoms with Crippen molar-refractivity contribution in [2.75, 3.05) is 11.9 Å². The molecule has 1 amide bonds. The number of amides is 1. The van der Waals surface area contributed by atoms with E-state index in [1.165, 1.54) is 22.3 Å². The molecule has 3 heteroatoms. The van der Waals surface area contributed by atoms with E-state index in [4.69, 9.17) is 4.74 Å². The van der Waals surface area contributed by atoms with Crippen LogP contribution in [0.2, 0.25) is 0 Å². The van der Waals surface area contributed by atoms with E-state index in [0.29, 0.717) is 6.61 Å². The summed E-state index contributed by atoms with van der Waals surface area (Å²) in [6, 6.07) is 24.9. The molecule has 3 aliphatic rings. The van der Waals surface area contributed by atoms with Crippen LogP contribution in [0.15, 0.2) is 72.8 Å². The molecule has 1 atom stereocenters. The maximum absolute atomic E-state index is 13.4. The Bertz CT molecular complexity index is 994. The number of nitrogens with one attached hydrogen (secondary N) is 1. The molecule has 0 spiro atoms. The molecule has 3 aliphatic carbocycles. The monoisotopic (exact) mass is 369 g/mol. The van der Waals surface area contributed by atoms with Gasteiger partial charge in [-0.25, -0.2) is 0 Å². The quantitative estimate of drug-likeness (QED) is 0.676. The molecule has 28 heavy (non-hydrogen) atoms. The van der Waals surface area contributed by atoms with Crippen LogP contribution in [0, 0.1) is 5.92 Å². The van der Waals surface area contributed by atoms with Gasteiger partial charge in [0.15, 0.2) is 0 Å². The summed E-state index contributed by atoms with van der Waals surface area (Å²) in [4.78, 5) is 13.4. The van der Waals surface area contributed by atoms with Crippen LogP contribution in [0.1, 0.15) is 47.4 Å². The first-order valence-corrected chi connectivity index (χ1v) is 9.98. The molecule has 2 bridgehead atoms. The Morgan fingerprint density at radius 3 is 2.11 bits per heavy atom. The van der Waals surface area contributed by atoms with Crippen molar-refractivity contribution < 1.29 is 9.53 Å². The smallest absolute Gasteiger partial charge is 0.228 e. The van der Waals surface area contributed by atoms with Crippen LogP contribution in [0.5, 0.6) is 5.75 Å². The molecule has 3 nitrogen and oxygen atoms in total. The fourth-order valence-corrected chi connectivity index (χ4v) is 4.97. The molecule has 140 valence electrons. The highest BCUT2D eigenvalue weighted by Gasteiger charge is 2.45. The number of para-hydroxylation sites is 2. The molecular weight excluding hydrogens is 346 g/mol. The van der Waals surface area contributed by atoms with Crippen LogP contribution in [0.3, 0.4) is 0 Å². The van der Waals surface area contributed by atoms with E-state index < -0.39 is 0 Å². The predicted octanol–water partition coefficient (Wildman–Crippen LogP) is 5.32. The molecule has 0 heterocycles. The lowest BCUT2D eigenvalue weighted by molar-refractivity contribution is -0.121. The zero-order valence-corrected chi connectivity index (χ0v) is 15.9. The molecule has 0 radical (unpaired) electrons. The molecule has 0 fully saturated rings. The molecule has 0 aromatic heterocycles. The highest BCUT2D eigenvalue weighted by atomic mass is 16.5. The Hall–Kier alpha value is -3.07. The summed E-state index contributed by atoms with van der Waals surface area (Å²) in [5.41, 5.74) is 6.11. The second-order valence-corrected chi connectivity index (χ2v) is 7.55. The minimum atomic E-state index is -0.0792. The number of hydrogen-bond acceptors (Lipinski definition) is 2. The zero-order valence-electron chi connectivity index (χ0n) is 15.9. The van der Waals surface area contributed by atoms with Crippen molar-refractivity contribution in [2.45, 2.75) is 25.2 Å². The van der Waals surface area contributed by atoms with E-state index in [1.807, 2.05) is 31.2 Å². The SMILES string of the molecule is CCOc1ccccc1NC(=O)C1CC2c3ccccc3C1c1ccccc12. The minimum absolute atomic E-state index is 0.0751. The maximum atomic E-state index is 13.4. The third-order valence-corrected chi connectivity index (χ3v) is 6.09. The van der Waals surface area contributed by atoms with Gasteiger partial charge >= 0.3 is 0 Å². The van der Waals surface area contributed by atoms with Crippen LogP contribution in [-0.2, 0) is 4.79 Å². The Kier molecular flexibility index (Phi) is 4.16. The Morgan fingerprint density at radius 1 is 0.893 bits per heavy atom. The van der Waals surface area contributed by atoms with E-state index in [0.717, 1.165) is 17.9 Å². The molecule has 3 aromatic carbocycles. The second kappa shape index (κ2) is 6.83. The average Bonchev–Trinajstić information content (AvgIpc) is 2.75. The van der Waals surface area contributed by atoms with Crippen molar-refractivity contribution in [3.8, 4) is 5.75 Å². The van der Waals surface area contributed by atoms with Crippen LogP contribution < -0.4 is 10.1 Å². The normalized spacial score (nSPS) is 21.5. The van der Waals surface area contributed by atoms with E-state index in [1.54, 1.807) is 0 Å². The second-order valence-electron chi connectivity index (χ2n) is 7.55. The van der Waals surface area contributed by atoms with Crippen molar-refractivity contribution >= 4 is 11.6 Å². The van der Waals surface area contributed by atoms with Crippen molar-refractivity contribution in [2.24, 2.45) is 5.92 Å². The molecule has 0 saturated carbocycles. The van der Waals surface area contributed by atoms with Gasteiger partial charge in [-0.15, -0.1) is 0 Å². The van der Waals surface area contributed by atoms with Crippen LogP contribution in [-0.4, -0.2) is 12.5 Å². The summed E-state index contributed by atoms with van der Waals surface area (Å²) >= 11 is 0. The van der Waals surface area contributed by atoms with Gasteiger partial charge in [0, 0.05) is 11.8 Å². The summed E-state index contributed by atoms with van der Waals surface area (Å²) in [6.45, 7) is 2.52. The molecule has 6 rings (SSSR count). The van der Waals surface area contributed by atoms with Crippen LogP contribution in [0.4, 0.5) is 5.69 Å². The molecule has 3 aromatic rings. The average molecular weight is 369 g/mol. The summed E-state index contributed by atoms with van der Waals surface area (Å²) < 4.78 is 5.68. The van der Waals surface area contributed by atoms with Crippen molar-refractivity contribution in [1.29, 1.82) is 0 Å². The number of carbonyl (C=O) groups excluding carboxylic acids is 1. The van der Waals surface area contributed by atoms with E-state index in [2.05, 4.69) is 53.8 Å². The van der Waals surface area contributed by atoms with Gasteiger partial charge in [0.2, 0.25) is 5.91 Å². The fourth-order valence-electron chi connectivity index (χ4n) is 4.97. The Balaban J connectivity index is 1.52. The number of ether oxygens (including phenoxy) is 1. The van der Waals surface area contributed by atoms with Gasteiger partial charge in [0.25, 0.3) is 0 Å². The lowest BCUT2D eigenvalue weighted by Crippen LogP contribution is -2.38. The molecular formula is C25H23NO2. The highest BCUT2D eigenvalue weighted by molar-refractivity contribution is 5.95. The first kappa shape index (κ1) is 17.1. The van der Waals surface area contributed by atoms with Gasteiger partial charge in [0.05, 0.1) is 18.2 Å². The van der Waals surface area contributed by atoms with Gasteiger partial charge in [-0.1, -0.05) is 60.7 Å². The van der Waals surface area contributed by atoms with Crippen LogP contribution in [0.25, 0.3) is 0 Å². The number of anilines is 1. The standard InChI is InChI=1S/C25H23NO2/c1-2-28-23-14-8-7-13-22(23)26-25(27)21-15-20-16-9-3-5-11-18(16)24(21)19-12-6-4-10-17(19)20/h3-14,20-21,24H,2,15H2,1H3,(H,26,27). The number of hydrogen-bond donors (Lipinski definition) is 1. The maximum Gasteiger partial charge on any atom is 0.228 e. The minimum Gasteiger partial charge on any atom is -0.492 e. The first-order valence-electron chi connectivity index (χ1n) is 9.98. The first-order chi connectivity index (χ1) is 13.8. The lowest BCUT2D eigenvalue weighted by atomic mass is 9.59. The third kappa shape index (κ3) is 2.62. The predicted molar refractivity (Wildman–Crippen MR) is 111 cm³/mol. The lowest BCUT2D eigenvalue weighted by Gasteiger charge is -2.44. The molecule has 0 aliphatic heterocycles. The van der Waals surface area contributed by atoms with Crippen molar-refractivity contribution in [1.82, 2.24) is 0 Å². The number of benzene rings is 3. The van der Waals surface area contributed by atoms with Crippen LogP contribution >= 0.6 is 0 Å². The van der Waals surface area contributed by atoms with Gasteiger partial charge in [-0.05, 0) is 47.7 Å². The highest BCUT2D eigenvalue weighted by Crippen LogP contribution is 2.55. The van der Waals surface area contributed by atoms with Gasteiger partial charge in [0.1, 0.15) is 5.75 Å². The van der Waals surface area contributed by atoms with E-state index in [9.17, 15) is 4.79 Å². The summed E-state index contributed by atoms with van der Waals surface area (Å²) in [5.74, 6) is 1.11. The Labute approximate surface area is 165 Å². The Morgan fingerprint density at radius 2 is 1.46 bits per heavy atom. The van der Waals surface area contributed by atoms with Crippen molar-refractivity contribution in [3.63, 3.8) is 0 Å². The summed E-state index contributed by atoms with van der Waals surface area (Å²) in [7, 11) is 0. The third-order valence-electron chi connectivity index (χ3n) is 6.09. The number of rotatable bonds is 4. The number of fused-ring (bicyclic) bond motifs is 1. The summed E-state index contributed by atoms with van der Waals surface area (Å²) in [6.07, 6.45) is 0.849.